The summed E-state index contributed by atoms with van der Waals surface area (Å²) in [6.07, 6.45) is -0.0695. The summed E-state index contributed by atoms with van der Waals surface area (Å²) in [7, 11) is 0. The van der Waals surface area contributed by atoms with E-state index in [1.807, 2.05) is 13.8 Å². The Labute approximate surface area is 106 Å². The van der Waals surface area contributed by atoms with Crippen LogP contribution < -0.4 is 11.0 Å². The van der Waals surface area contributed by atoms with Gasteiger partial charge in [0.1, 0.15) is 0 Å². The van der Waals surface area contributed by atoms with Gasteiger partial charge >= 0.3 is 5.91 Å². The Hall–Kier alpha value is -1.66. The van der Waals surface area contributed by atoms with Crippen molar-refractivity contribution in [1.29, 1.82) is 0 Å². The molecule has 0 aromatic carbocycles. The first-order chi connectivity index (χ1) is 8.41. The summed E-state index contributed by atoms with van der Waals surface area (Å²) in [5, 5.41) is 0. The molecular formula is C12H18N2O4. The SMILES string of the molecule is CC(C)ONNC(=O)c1ccc(C(=O)C(C)C)o1. The Bertz CT molecular complexity index is 423. The number of amides is 1. The lowest BCUT2D eigenvalue weighted by Crippen LogP contribution is -2.38. The van der Waals surface area contributed by atoms with Crippen LogP contribution in [0, 0.1) is 5.92 Å². The van der Waals surface area contributed by atoms with Gasteiger partial charge in [0.25, 0.3) is 0 Å². The molecular weight excluding hydrogens is 236 g/mol. The predicted octanol–water partition coefficient (Wildman–Crippen LogP) is 1.69. The lowest BCUT2D eigenvalue weighted by atomic mass is 10.1. The molecule has 6 nitrogen and oxygen atoms in total. The number of ketones is 1. The molecule has 2 N–H and O–H groups in total. The zero-order valence-electron chi connectivity index (χ0n) is 10.9. The van der Waals surface area contributed by atoms with Gasteiger partial charge in [-0.1, -0.05) is 13.8 Å². The molecule has 1 rings (SSSR count). The molecule has 0 atom stereocenters. The third kappa shape index (κ3) is 3.97. The molecule has 0 fully saturated rings. The van der Waals surface area contributed by atoms with Gasteiger partial charge in [0.2, 0.25) is 5.78 Å². The van der Waals surface area contributed by atoms with Crippen LogP contribution in [0.15, 0.2) is 16.5 Å². The lowest BCUT2D eigenvalue weighted by Gasteiger charge is -2.08. The Morgan fingerprint density at radius 3 is 2.33 bits per heavy atom. The van der Waals surface area contributed by atoms with Crippen molar-refractivity contribution in [2.24, 2.45) is 5.92 Å². The number of hydrogen-bond donors (Lipinski definition) is 2. The van der Waals surface area contributed by atoms with E-state index in [9.17, 15) is 9.59 Å². The summed E-state index contributed by atoms with van der Waals surface area (Å²) in [5.41, 5.74) is 4.60. The van der Waals surface area contributed by atoms with Crippen LogP contribution in [0.4, 0.5) is 0 Å². The molecule has 0 aliphatic rings. The number of furan rings is 1. The van der Waals surface area contributed by atoms with Crippen molar-refractivity contribution >= 4 is 11.7 Å². The van der Waals surface area contributed by atoms with Gasteiger partial charge in [-0.25, -0.2) is 0 Å². The maximum atomic E-state index is 11.6. The smallest absolute Gasteiger partial charge is 0.302 e. The maximum Gasteiger partial charge on any atom is 0.302 e. The molecule has 0 saturated carbocycles. The van der Waals surface area contributed by atoms with Crippen LogP contribution in [0.2, 0.25) is 0 Å². The summed E-state index contributed by atoms with van der Waals surface area (Å²) in [6, 6.07) is 2.93. The molecule has 1 aromatic heterocycles. The van der Waals surface area contributed by atoms with Gasteiger partial charge in [0, 0.05) is 5.92 Å². The molecule has 18 heavy (non-hydrogen) atoms. The number of nitrogens with one attached hydrogen (secondary N) is 2. The third-order valence-corrected chi connectivity index (χ3v) is 2.06. The Balaban J connectivity index is 2.57. The van der Waals surface area contributed by atoms with Gasteiger partial charge < -0.3 is 4.42 Å². The topological polar surface area (TPSA) is 80.6 Å². The van der Waals surface area contributed by atoms with Crippen molar-refractivity contribution in [3.8, 4) is 0 Å². The standard InChI is InChI=1S/C12H18N2O4/c1-7(2)11(15)9-5-6-10(17-9)12(16)13-14-18-8(3)4/h5-8,14H,1-4H3,(H,13,16). The number of hydrogen-bond acceptors (Lipinski definition) is 5. The molecule has 0 aliphatic carbocycles. The minimum absolute atomic E-state index is 0.0545. The Kier molecular flexibility index (Phi) is 5.06. The van der Waals surface area contributed by atoms with E-state index < -0.39 is 5.91 Å². The molecule has 6 heteroatoms. The van der Waals surface area contributed by atoms with Gasteiger partial charge in [-0.3, -0.25) is 19.9 Å². The molecule has 0 saturated heterocycles. The van der Waals surface area contributed by atoms with E-state index in [-0.39, 0.29) is 29.3 Å². The van der Waals surface area contributed by atoms with Crippen LogP contribution in [0.25, 0.3) is 0 Å². The minimum atomic E-state index is -0.501. The highest BCUT2D eigenvalue weighted by atomic mass is 16.7. The molecule has 1 amide bonds. The lowest BCUT2D eigenvalue weighted by molar-refractivity contribution is -0.0270. The van der Waals surface area contributed by atoms with Crippen LogP contribution in [-0.4, -0.2) is 17.8 Å². The number of hydrazine groups is 1. The minimum Gasteiger partial charge on any atom is -0.448 e. The first-order valence-corrected chi connectivity index (χ1v) is 5.77. The molecule has 0 spiro atoms. The van der Waals surface area contributed by atoms with Gasteiger partial charge in [0.05, 0.1) is 6.10 Å². The summed E-state index contributed by atoms with van der Waals surface area (Å²) in [4.78, 5) is 28.1. The van der Waals surface area contributed by atoms with Crippen LogP contribution in [0.1, 0.15) is 48.8 Å². The maximum absolute atomic E-state index is 11.6. The molecule has 0 bridgehead atoms. The van der Waals surface area contributed by atoms with Crippen molar-refractivity contribution in [3.63, 3.8) is 0 Å². The van der Waals surface area contributed by atoms with Crippen molar-refractivity contribution in [1.82, 2.24) is 11.0 Å². The first-order valence-electron chi connectivity index (χ1n) is 5.77. The van der Waals surface area contributed by atoms with E-state index >= 15 is 0 Å². The fraction of sp³-hybridized carbons (Fsp3) is 0.500. The van der Waals surface area contributed by atoms with Gasteiger partial charge in [-0.2, -0.15) is 0 Å². The number of carbonyl (C=O) groups excluding carboxylic acids is 2. The Morgan fingerprint density at radius 2 is 1.78 bits per heavy atom. The van der Waals surface area contributed by atoms with Crippen LogP contribution in [0.3, 0.4) is 0 Å². The molecule has 0 aliphatic heterocycles. The largest absolute Gasteiger partial charge is 0.448 e. The first kappa shape index (κ1) is 14.4. The fourth-order valence-electron chi connectivity index (χ4n) is 1.13. The summed E-state index contributed by atoms with van der Waals surface area (Å²) < 4.78 is 5.17. The molecule has 100 valence electrons. The highest BCUT2D eigenvalue weighted by molar-refractivity contribution is 5.97. The van der Waals surface area contributed by atoms with Crippen molar-refractivity contribution in [3.05, 3.63) is 23.7 Å². The number of carbonyl (C=O) groups is 2. The monoisotopic (exact) mass is 254 g/mol. The molecule has 0 radical (unpaired) electrons. The quantitative estimate of drug-likeness (QED) is 0.596. The predicted molar refractivity (Wildman–Crippen MR) is 64.7 cm³/mol. The second-order valence-corrected chi connectivity index (χ2v) is 4.41. The van der Waals surface area contributed by atoms with Gasteiger partial charge in [-0.15, -0.1) is 5.59 Å². The van der Waals surface area contributed by atoms with Gasteiger partial charge in [-0.05, 0) is 26.0 Å². The third-order valence-electron chi connectivity index (χ3n) is 2.06. The Morgan fingerprint density at radius 1 is 1.17 bits per heavy atom. The highest BCUT2D eigenvalue weighted by Crippen LogP contribution is 2.12. The average molecular weight is 254 g/mol. The van der Waals surface area contributed by atoms with Crippen molar-refractivity contribution in [2.45, 2.75) is 33.8 Å². The van der Waals surface area contributed by atoms with E-state index in [2.05, 4.69) is 11.0 Å². The average Bonchev–Trinajstić information content (AvgIpc) is 2.76. The van der Waals surface area contributed by atoms with Crippen molar-refractivity contribution in [2.75, 3.05) is 0 Å². The molecule has 1 aromatic rings. The van der Waals surface area contributed by atoms with Crippen molar-refractivity contribution < 1.29 is 18.8 Å². The highest BCUT2D eigenvalue weighted by Gasteiger charge is 2.17. The van der Waals surface area contributed by atoms with Crippen LogP contribution in [-0.2, 0) is 4.84 Å². The normalized spacial score (nSPS) is 11.0. The van der Waals surface area contributed by atoms with Gasteiger partial charge in [0.15, 0.2) is 11.5 Å². The van der Waals surface area contributed by atoms with E-state index in [4.69, 9.17) is 9.25 Å². The molecule has 0 unspecified atom stereocenters. The van der Waals surface area contributed by atoms with Crippen LogP contribution >= 0.6 is 0 Å². The number of rotatable bonds is 6. The summed E-state index contributed by atoms with van der Waals surface area (Å²) in [6.45, 7) is 7.15. The summed E-state index contributed by atoms with van der Waals surface area (Å²) >= 11 is 0. The second-order valence-electron chi connectivity index (χ2n) is 4.41. The fourth-order valence-corrected chi connectivity index (χ4v) is 1.13. The number of Topliss-reactive ketones (excluding diaryl/α,β-unsaturated/α-hetero) is 1. The second kappa shape index (κ2) is 6.32. The van der Waals surface area contributed by atoms with E-state index in [0.29, 0.717) is 0 Å². The van der Waals surface area contributed by atoms with Crippen LogP contribution in [0.5, 0.6) is 0 Å². The van der Waals surface area contributed by atoms with E-state index in [0.717, 1.165) is 0 Å². The van der Waals surface area contributed by atoms with E-state index in [1.54, 1.807) is 13.8 Å². The zero-order valence-corrected chi connectivity index (χ0v) is 10.9. The molecule has 1 heterocycles. The zero-order chi connectivity index (χ0) is 13.7. The van der Waals surface area contributed by atoms with E-state index in [1.165, 1.54) is 12.1 Å². The summed E-state index contributed by atoms with van der Waals surface area (Å²) in [5.74, 6) is -0.577.